The van der Waals surface area contributed by atoms with Gasteiger partial charge in [0.25, 0.3) is 11.6 Å². The molecule has 0 radical (unpaired) electrons. The lowest BCUT2D eigenvalue weighted by atomic mass is 10.2. The lowest BCUT2D eigenvalue weighted by Crippen LogP contribution is -2.21. The van der Waals surface area contributed by atoms with Crippen molar-refractivity contribution < 1.29 is 23.7 Å². The van der Waals surface area contributed by atoms with Crippen LogP contribution in [0.2, 0.25) is 0 Å². The molecule has 0 fully saturated rings. The lowest BCUT2D eigenvalue weighted by Gasteiger charge is -2.08. The average molecular weight is 408 g/mol. The number of nitro benzene ring substituents is 1. The smallest absolute Gasteiger partial charge is 0.306 e. The zero-order valence-corrected chi connectivity index (χ0v) is 16.3. The van der Waals surface area contributed by atoms with Crippen LogP contribution in [0, 0.1) is 17.0 Å². The predicted octanol–water partition coefficient (Wildman–Crippen LogP) is 4.28. The summed E-state index contributed by atoms with van der Waals surface area (Å²) in [6.07, 6.45) is 0.431. The molecule has 8 nitrogen and oxygen atoms in total. The summed E-state index contributed by atoms with van der Waals surface area (Å²) in [5, 5.41) is 13.3. The molecule has 154 valence electrons. The number of non-ortho nitro benzene ring substituents is 1. The van der Waals surface area contributed by atoms with Crippen molar-refractivity contribution in [3.63, 3.8) is 0 Å². The number of hydrogen-bond donors (Lipinski definition) is 1. The molecule has 1 aromatic heterocycles. The van der Waals surface area contributed by atoms with Crippen LogP contribution >= 0.6 is 0 Å². The van der Waals surface area contributed by atoms with Crippen molar-refractivity contribution in [2.75, 3.05) is 11.9 Å². The fraction of sp³-hybridized carbons (Fsp3) is 0.182. The van der Waals surface area contributed by atoms with E-state index in [-0.39, 0.29) is 12.1 Å². The van der Waals surface area contributed by atoms with E-state index < -0.39 is 23.4 Å². The molecule has 0 spiro atoms. The first kappa shape index (κ1) is 20.8. The number of nitrogens with one attached hydrogen (secondary N) is 1. The van der Waals surface area contributed by atoms with Gasteiger partial charge in [-0.2, -0.15) is 0 Å². The number of esters is 1. The van der Waals surface area contributed by atoms with Gasteiger partial charge in [0.15, 0.2) is 6.61 Å². The van der Waals surface area contributed by atoms with Crippen molar-refractivity contribution in [1.29, 1.82) is 0 Å². The highest BCUT2D eigenvalue weighted by molar-refractivity contribution is 5.93. The molecule has 0 saturated heterocycles. The Morgan fingerprint density at radius 1 is 1.10 bits per heavy atom. The summed E-state index contributed by atoms with van der Waals surface area (Å²) in [6.45, 7) is 1.20. The van der Waals surface area contributed by atoms with Gasteiger partial charge in [0.2, 0.25) is 0 Å². The lowest BCUT2D eigenvalue weighted by molar-refractivity contribution is -0.384. The quantitative estimate of drug-likeness (QED) is 0.338. The maximum Gasteiger partial charge on any atom is 0.306 e. The van der Waals surface area contributed by atoms with E-state index in [2.05, 4.69) is 5.32 Å². The number of aryl methyl sites for hydroxylation is 2. The van der Waals surface area contributed by atoms with Crippen LogP contribution < -0.4 is 5.32 Å². The van der Waals surface area contributed by atoms with Crippen molar-refractivity contribution in [2.24, 2.45) is 0 Å². The minimum atomic E-state index is -0.525. The zero-order chi connectivity index (χ0) is 21.5. The van der Waals surface area contributed by atoms with Gasteiger partial charge in [-0.05, 0) is 30.7 Å². The largest absolute Gasteiger partial charge is 0.461 e. The fourth-order valence-electron chi connectivity index (χ4n) is 2.80. The van der Waals surface area contributed by atoms with Gasteiger partial charge in [0, 0.05) is 29.8 Å². The second-order valence-electron chi connectivity index (χ2n) is 6.60. The number of furan rings is 1. The van der Waals surface area contributed by atoms with Gasteiger partial charge in [-0.15, -0.1) is 0 Å². The number of anilines is 1. The third-order valence-electron chi connectivity index (χ3n) is 4.35. The summed E-state index contributed by atoms with van der Waals surface area (Å²) in [6, 6.07) is 17.4. The summed E-state index contributed by atoms with van der Waals surface area (Å²) >= 11 is 0. The summed E-state index contributed by atoms with van der Waals surface area (Å²) in [5.74, 6) is 0.321. The van der Waals surface area contributed by atoms with Gasteiger partial charge in [0.05, 0.1) is 11.3 Å². The topological polar surface area (TPSA) is 112 Å². The van der Waals surface area contributed by atoms with E-state index in [4.69, 9.17) is 9.15 Å². The molecule has 3 rings (SSSR count). The highest BCUT2D eigenvalue weighted by atomic mass is 16.6. The first-order valence-corrected chi connectivity index (χ1v) is 9.27. The number of rotatable bonds is 8. The molecule has 0 saturated carbocycles. The number of ether oxygens (including phenoxy) is 1. The monoisotopic (exact) mass is 408 g/mol. The van der Waals surface area contributed by atoms with Crippen molar-refractivity contribution in [3.8, 4) is 11.3 Å². The molecular formula is C22H20N2O6. The molecule has 30 heavy (non-hydrogen) atoms. The van der Waals surface area contributed by atoms with E-state index in [0.717, 1.165) is 11.3 Å². The average Bonchev–Trinajstić information content (AvgIpc) is 3.22. The van der Waals surface area contributed by atoms with Crippen LogP contribution in [0.4, 0.5) is 11.4 Å². The number of amides is 1. The van der Waals surface area contributed by atoms with E-state index in [1.165, 1.54) is 18.2 Å². The third kappa shape index (κ3) is 5.54. The molecule has 8 heteroatoms. The number of carbonyl (C=O) groups is 2. The molecule has 1 N–H and O–H groups in total. The van der Waals surface area contributed by atoms with Crippen LogP contribution in [0.15, 0.2) is 65.1 Å². The number of nitrogens with zero attached hydrogens (tertiary/aromatic N) is 1. The Labute approximate surface area is 172 Å². The van der Waals surface area contributed by atoms with Gasteiger partial charge in [-0.1, -0.05) is 30.3 Å². The van der Waals surface area contributed by atoms with Crippen LogP contribution in [0.3, 0.4) is 0 Å². The Morgan fingerprint density at radius 2 is 1.87 bits per heavy atom. The first-order valence-electron chi connectivity index (χ1n) is 9.27. The normalized spacial score (nSPS) is 10.4. The SMILES string of the molecule is Cc1cc([N+](=O)[O-])ccc1NC(=O)COC(=O)CCc1ccc(-c2ccccc2)o1. The highest BCUT2D eigenvalue weighted by Gasteiger charge is 2.13. The van der Waals surface area contributed by atoms with Crippen LogP contribution in [-0.2, 0) is 20.7 Å². The molecule has 0 unspecified atom stereocenters. The van der Waals surface area contributed by atoms with Gasteiger partial charge >= 0.3 is 5.97 Å². The summed E-state index contributed by atoms with van der Waals surface area (Å²) < 4.78 is 10.7. The second-order valence-corrected chi connectivity index (χ2v) is 6.60. The van der Waals surface area contributed by atoms with Gasteiger partial charge in [0.1, 0.15) is 11.5 Å². The molecule has 0 aliphatic carbocycles. The maximum atomic E-state index is 12.0. The number of benzene rings is 2. The highest BCUT2D eigenvalue weighted by Crippen LogP contribution is 2.23. The summed E-state index contributed by atoms with van der Waals surface area (Å²) in [5.41, 5.74) is 1.84. The molecule has 2 aromatic carbocycles. The van der Waals surface area contributed by atoms with Crippen molar-refractivity contribution >= 4 is 23.3 Å². The van der Waals surface area contributed by atoms with Gasteiger partial charge in [-0.25, -0.2) is 0 Å². The Kier molecular flexibility index (Phi) is 6.59. The Bertz CT molecular complexity index is 1060. The standard InChI is InChI=1S/C22H20N2O6/c1-15-13-17(24(27)28)7-10-19(15)23-21(25)14-29-22(26)12-9-18-8-11-20(30-18)16-5-3-2-4-6-16/h2-8,10-11,13H,9,12,14H2,1H3,(H,23,25). The molecule has 1 amide bonds. The maximum absolute atomic E-state index is 12.0. The molecule has 0 bridgehead atoms. The number of nitro groups is 1. The van der Waals surface area contributed by atoms with E-state index in [1.54, 1.807) is 13.0 Å². The molecule has 0 atom stereocenters. The van der Waals surface area contributed by atoms with E-state index in [0.29, 0.717) is 23.4 Å². The van der Waals surface area contributed by atoms with E-state index in [9.17, 15) is 19.7 Å². The predicted molar refractivity (Wildman–Crippen MR) is 110 cm³/mol. The van der Waals surface area contributed by atoms with Crippen LogP contribution in [0.1, 0.15) is 17.7 Å². The molecule has 3 aromatic rings. The van der Waals surface area contributed by atoms with E-state index in [1.807, 2.05) is 36.4 Å². The van der Waals surface area contributed by atoms with E-state index >= 15 is 0 Å². The van der Waals surface area contributed by atoms with Crippen molar-refractivity contribution in [2.45, 2.75) is 19.8 Å². The number of carbonyl (C=O) groups excluding carboxylic acids is 2. The molecule has 1 heterocycles. The Balaban J connectivity index is 1.44. The fourth-order valence-corrected chi connectivity index (χ4v) is 2.80. The van der Waals surface area contributed by atoms with Gasteiger partial charge < -0.3 is 14.5 Å². The molecular weight excluding hydrogens is 388 g/mol. The van der Waals surface area contributed by atoms with Crippen LogP contribution in [-0.4, -0.2) is 23.4 Å². The molecule has 0 aliphatic rings. The third-order valence-corrected chi connectivity index (χ3v) is 4.35. The van der Waals surface area contributed by atoms with Crippen LogP contribution in [0.25, 0.3) is 11.3 Å². The zero-order valence-electron chi connectivity index (χ0n) is 16.3. The minimum absolute atomic E-state index is 0.0646. The van der Waals surface area contributed by atoms with Gasteiger partial charge in [-0.3, -0.25) is 19.7 Å². The Hall–Kier alpha value is -3.94. The Morgan fingerprint density at radius 3 is 2.57 bits per heavy atom. The number of hydrogen-bond acceptors (Lipinski definition) is 6. The van der Waals surface area contributed by atoms with Crippen molar-refractivity contribution in [1.82, 2.24) is 0 Å². The first-order chi connectivity index (χ1) is 14.4. The summed E-state index contributed by atoms with van der Waals surface area (Å²) in [7, 11) is 0. The summed E-state index contributed by atoms with van der Waals surface area (Å²) in [4.78, 5) is 34.1. The molecule has 0 aliphatic heterocycles. The van der Waals surface area contributed by atoms with Crippen molar-refractivity contribution in [3.05, 3.63) is 82.1 Å². The second kappa shape index (κ2) is 9.51. The van der Waals surface area contributed by atoms with Crippen LogP contribution in [0.5, 0.6) is 0 Å². The minimum Gasteiger partial charge on any atom is -0.461 e.